The summed E-state index contributed by atoms with van der Waals surface area (Å²) in [7, 11) is -2.65. The number of hydrogen-bond donors (Lipinski definition) is 0. The molecule has 1 spiro atoms. The van der Waals surface area contributed by atoms with Crippen molar-refractivity contribution in [1.29, 1.82) is 0 Å². The standard InChI is InChI=1S/C7H13O3P/c1-11(8)9-5-7(6-10-11)3-2-4-7/h2-6H2,1H3. The van der Waals surface area contributed by atoms with Crippen LogP contribution in [0.5, 0.6) is 0 Å². The molecule has 1 aliphatic heterocycles. The van der Waals surface area contributed by atoms with Crippen molar-refractivity contribution in [2.24, 2.45) is 5.41 Å². The van der Waals surface area contributed by atoms with Crippen molar-refractivity contribution < 1.29 is 13.6 Å². The van der Waals surface area contributed by atoms with E-state index in [1.54, 1.807) is 6.66 Å². The van der Waals surface area contributed by atoms with Crippen molar-refractivity contribution in [3.8, 4) is 0 Å². The van der Waals surface area contributed by atoms with Crippen molar-refractivity contribution in [1.82, 2.24) is 0 Å². The van der Waals surface area contributed by atoms with Crippen LogP contribution in [0.15, 0.2) is 0 Å². The summed E-state index contributed by atoms with van der Waals surface area (Å²) in [6.45, 7) is 2.82. The second kappa shape index (κ2) is 2.32. The average Bonchev–Trinajstić information content (AvgIpc) is 1.84. The molecule has 2 fully saturated rings. The predicted molar refractivity (Wildman–Crippen MR) is 41.7 cm³/mol. The summed E-state index contributed by atoms with van der Waals surface area (Å²) in [6.07, 6.45) is 3.61. The molecule has 1 heterocycles. The zero-order valence-corrected chi connectivity index (χ0v) is 7.60. The molecule has 0 aromatic heterocycles. The van der Waals surface area contributed by atoms with Crippen LogP contribution < -0.4 is 0 Å². The lowest BCUT2D eigenvalue weighted by Crippen LogP contribution is -2.41. The van der Waals surface area contributed by atoms with Gasteiger partial charge in [0.05, 0.1) is 13.2 Å². The van der Waals surface area contributed by atoms with Crippen LogP contribution in [0.1, 0.15) is 19.3 Å². The molecule has 2 aliphatic rings. The number of rotatable bonds is 0. The minimum Gasteiger partial charge on any atom is -0.308 e. The summed E-state index contributed by atoms with van der Waals surface area (Å²) in [5, 5.41) is 0. The molecule has 0 aromatic carbocycles. The maximum absolute atomic E-state index is 11.2. The summed E-state index contributed by atoms with van der Waals surface area (Å²) < 4.78 is 21.5. The van der Waals surface area contributed by atoms with Gasteiger partial charge in [0, 0.05) is 12.1 Å². The Balaban J connectivity index is 1.99. The highest BCUT2D eigenvalue weighted by molar-refractivity contribution is 7.53. The lowest BCUT2D eigenvalue weighted by atomic mass is 9.70. The van der Waals surface area contributed by atoms with Crippen molar-refractivity contribution in [2.75, 3.05) is 19.9 Å². The molecule has 0 N–H and O–H groups in total. The molecule has 0 bridgehead atoms. The second-order valence-corrected chi connectivity index (χ2v) is 5.73. The Hall–Kier alpha value is 0.150. The zero-order valence-electron chi connectivity index (χ0n) is 6.71. The SMILES string of the molecule is CP1(=O)OCC2(CCC2)CO1. The van der Waals surface area contributed by atoms with Gasteiger partial charge in [-0.05, 0) is 12.8 Å². The molecule has 0 unspecified atom stereocenters. The molecule has 3 nitrogen and oxygen atoms in total. The third kappa shape index (κ3) is 1.37. The van der Waals surface area contributed by atoms with Crippen molar-refractivity contribution in [3.05, 3.63) is 0 Å². The first-order chi connectivity index (χ1) is 5.12. The molecular formula is C7H13O3P. The maximum atomic E-state index is 11.2. The molecule has 0 radical (unpaired) electrons. The van der Waals surface area contributed by atoms with E-state index in [-0.39, 0.29) is 5.41 Å². The Kier molecular flexibility index (Phi) is 1.64. The van der Waals surface area contributed by atoms with Crippen LogP contribution in [-0.2, 0) is 13.6 Å². The zero-order chi connectivity index (χ0) is 7.95. The quantitative estimate of drug-likeness (QED) is 0.530. The van der Waals surface area contributed by atoms with E-state index in [0.29, 0.717) is 13.2 Å². The summed E-state index contributed by atoms with van der Waals surface area (Å²) >= 11 is 0. The van der Waals surface area contributed by atoms with Crippen LogP contribution in [0.3, 0.4) is 0 Å². The van der Waals surface area contributed by atoms with Crippen LogP contribution >= 0.6 is 7.60 Å². The molecule has 0 amide bonds. The Morgan fingerprint density at radius 3 is 2.18 bits per heavy atom. The fourth-order valence-corrected chi connectivity index (χ4v) is 2.64. The van der Waals surface area contributed by atoms with Crippen LogP contribution in [0, 0.1) is 5.41 Å². The van der Waals surface area contributed by atoms with Gasteiger partial charge in [-0.2, -0.15) is 0 Å². The minimum atomic E-state index is -2.65. The summed E-state index contributed by atoms with van der Waals surface area (Å²) in [5.41, 5.74) is 0.240. The second-order valence-electron chi connectivity index (χ2n) is 3.67. The summed E-state index contributed by atoms with van der Waals surface area (Å²) in [4.78, 5) is 0. The van der Waals surface area contributed by atoms with E-state index in [2.05, 4.69) is 0 Å². The average molecular weight is 176 g/mol. The van der Waals surface area contributed by atoms with E-state index in [1.807, 2.05) is 0 Å². The molecule has 2 rings (SSSR count). The third-order valence-electron chi connectivity index (χ3n) is 2.62. The van der Waals surface area contributed by atoms with Gasteiger partial charge in [0.15, 0.2) is 0 Å². The molecule has 1 saturated heterocycles. The Labute approximate surface area is 66.6 Å². The van der Waals surface area contributed by atoms with Gasteiger partial charge in [0.25, 0.3) is 0 Å². The number of hydrogen-bond acceptors (Lipinski definition) is 3. The summed E-state index contributed by atoms with van der Waals surface area (Å²) in [6, 6.07) is 0. The molecule has 0 aromatic rings. The monoisotopic (exact) mass is 176 g/mol. The first-order valence-corrected chi connectivity index (χ1v) is 5.98. The highest BCUT2D eigenvalue weighted by Gasteiger charge is 2.44. The molecular weight excluding hydrogens is 163 g/mol. The lowest BCUT2D eigenvalue weighted by molar-refractivity contribution is -0.0340. The van der Waals surface area contributed by atoms with E-state index in [1.165, 1.54) is 19.3 Å². The van der Waals surface area contributed by atoms with Gasteiger partial charge in [-0.3, -0.25) is 4.57 Å². The van der Waals surface area contributed by atoms with E-state index in [4.69, 9.17) is 9.05 Å². The maximum Gasteiger partial charge on any atom is 0.327 e. The molecule has 64 valence electrons. The third-order valence-corrected chi connectivity index (χ3v) is 3.82. The van der Waals surface area contributed by atoms with E-state index in [0.717, 1.165) is 0 Å². The van der Waals surface area contributed by atoms with Crippen molar-refractivity contribution >= 4 is 7.60 Å². The van der Waals surface area contributed by atoms with Gasteiger partial charge in [-0.25, -0.2) is 0 Å². The van der Waals surface area contributed by atoms with Crippen molar-refractivity contribution in [3.63, 3.8) is 0 Å². The van der Waals surface area contributed by atoms with E-state index < -0.39 is 7.60 Å². The molecule has 0 atom stereocenters. The van der Waals surface area contributed by atoms with Gasteiger partial charge in [-0.15, -0.1) is 0 Å². The first kappa shape index (κ1) is 7.78. The van der Waals surface area contributed by atoms with Crippen LogP contribution in [0.2, 0.25) is 0 Å². The Morgan fingerprint density at radius 1 is 1.27 bits per heavy atom. The smallest absolute Gasteiger partial charge is 0.308 e. The van der Waals surface area contributed by atoms with Crippen LogP contribution in [0.25, 0.3) is 0 Å². The predicted octanol–water partition coefficient (Wildman–Crippen LogP) is 2.03. The Morgan fingerprint density at radius 2 is 1.82 bits per heavy atom. The van der Waals surface area contributed by atoms with Gasteiger partial charge < -0.3 is 9.05 Å². The van der Waals surface area contributed by atoms with E-state index in [9.17, 15) is 4.57 Å². The van der Waals surface area contributed by atoms with Gasteiger partial charge in [-0.1, -0.05) is 6.42 Å². The molecule has 1 saturated carbocycles. The fourth-order valence-electron chi connectivity index (χ4n) is 1.55. The van der Waals surface area contributed by atoms with Crippen LogP contribution in [-0.4, -0.2) is 19.9 Å². The van der Waals surface area contributed by atoms with Crippen LogP contribution in [0.4, 0.5) is 0 Å². The van der Waals surface area contributed by atoms with Crippen molar-refractivity contribution in [2.45, 2.75) is 19.3 Å². The van der Waals surface area contributed by atoms with Gasteiger partial charge in [0.2, 0.25) is 0 Å². The normalized spacial score (nSPS) is 33.2. The highest BCUT2D eigenvalue weighted by atomic mass is 31.2. The molecule has 4 heteroatoms. The largest absolute Gasteiger partial charge is 0.327 e. The molecule has 1 aliphatic carbocycles. The van der Waals surface area contributed by atoms with E-state index >= 15 is 0 Å². The van der Waals surface area contributed by atoms with Gasteiger partial charge in [0.1, 0.15) is 0 Å². The van der Waals surface area contributed by atoms with Gasteiger partial charge >= 0.3 is 7.60 Å². The first-order valence-electron chi connectivity index (χ1n) is 3.99. The topological polar surface area (TPSA) is 35.5 Å². The minimum absolute atomic E-state index is 0.240. The highest BCUT2D eigenvalue weighted by Crippen LogP contribution is 2.55. The Bertz CT molecular complexity index is 196. The summed E-state index contributed by atoms with van der Waals surface area (Å²) in [5.74, 6) is 0. The lowest BCUT2D eigenvalue weighted by Gasteiger charge is -2.45. The fraction of sp³-hybridized carbons (Fsp3) is 1.00. The molecule has 11 heavy (non-hydrogen) atoms.